The highest BCUT2D eigenvalue weighted by atomic mass is 16.2. The molecule has 0 saturated heterocycles. The van der Waals surface area contributed by atoms with Crippen LogP contribution in [0.2, 0.25) is 0 Å². The normalized spacial score (nSPS) is 13.7. The Hall–Kier alpha value is -3.16. The van der Waals surface area contributed by atoms with Crippen molar-refractivity contribution in [3.05, 3.63) is 52.8 Å². The Bertz CT molecular complexity index is 965. The second kappa shape index (κ2) is 10.4. The zero-order chi connectivity index (χ0) is 23.3. The van der Waals surface area contributed by atoms with Crippen molar-refractivity contribution in [2.45, 2.75) is 46.7 Å². The molecule has 0 radical (unpaired) electrons. The molecule has 3 amide bonds. The van der Waals surface area contributed by atoms with Crippen LogP contribution in [-0.4, -0.2) is 64.0 Å². The van der Waals surface area contributed by atoms with E-state index in [1.165, 1.54) is 10.5 Å². The second-order valence-corrected chi connectivity index (χ2v) is 8.90. The smallest absolute Gasteiger partial charge is 0.274 e. The van der Waals surface area contributed by atoms with Gasteiger partial charge >= 0.3 is 0 Å². The second-order valence-electron chi connectivity index (χ2n) is 8.90. The Labute approximate surface area is 189 Å². The topological polar surface area (TPSA) is 87.5 Å². The molecule has 0 bridgehead atoms. The van der Waals surface area contributed by atoms with Crippen LogP contribution < -0.4 is 5.32 Å². The molecule has 1 aliphatic heterocycles. The van der Waals surface area contributed by atoms with Gasteiger partial charge in [0.1, 0.15) is 5.69 Å². The molecule has 0 unspecified atom stereocenters. The van der Waals surface area contributed by atoms with E-state index in [0.29, 0.717) is 37.8 Å². The maximum absolute atomic E-state index is 13.1. The number of nitrogens with zero attached hydrogens (tertiary/aromatic N) is 4. The molecule has 1 aromatic carbocycles. The predicted molar refractivity (Wildman–Crippen MR) is 122 cm³/mol. The molecule has 0 aliphatic carbocycles. The monoisotopic (exact) mass is 439 g/mol. The van der Waals surface area contributed by atoms with E-state index in [0.717, 1.165) is 18.4 Å². The summed E-state index contributed by atoms with van der Waals surface area (Å²) in [6, 6.07) is 9.67. The van der Waals surface area contributed by atoms with E-state index in [1.807, 2.05) is 31.2 Å². The lowest BCUT2D eigenvalue weighted by Crippen LogP contribution is -2.39. The van der Waals surface area contributed by atoms with E-state index in [9.17, 15) is 14.4 Å². The lowest BCUT2D eigenvalue weighted by atomic mass is 10.1. The molecule has 2 aromatic rings. The molecule has 32 heavy (non-hydrogen) atoms. The summed E-state index contributed by atoms with van der Waals surface area (Å²) in [6.45, 7) is 8.47. The van der Waals surface area contributed by atoms with Crippen molar-refractivity contribution >= 4 is 17.7 Å². The van der Waals surface area contributed by atoms with Gasteiger partial charge in [-0.25, -0.2) is 0 Å². The van der Waals surface area contributed by atoms with Gasteiger partial charge in [0.2, 0.25) is 5.91 Å². The number of hydrogen-bond donors (Lipinski definition) is 1. The lowest BCUT2D eigenvalue weighted by molar-refractivity contribution is -0.121. The zero-order valence-corrected chi connectivity index (χ0v) is 19.4. The Morgan fingerprint density at radius 2 is 1.91 bits per heavy atom. The van der Waals surface area contributed by atoms with E-state index in [-0.39, 0.29) is 30.0 Å². The number of amides is 3. The third-order valence-corrected chi connectivity index (χ3v) is 5.57. The van der Waals surface area contributed by atoms with Gasteiger partial charge in [-0.1, -0.05) is 43.7 Å². The van der Waals surface area contributed by atoms with Crippen molar-refractivity contribution in [2.75, 3.05) is 26.7 Å². The van der Waals surface area contributed by atoms with Crippen molar-refractivity contribution in [1.82, 2.24) is 24.9 Å². The lowest BCUT2D eigenvalue weighted by Gasteiger charge is -2.20. The molecule has 1 aromatic heterocycles. The summed E-state index contributed by atoms with van der Waals surface area (Å²) >= 11 is 0. The molecule has 0 atom stereocenters. The molecular formula is C24H33N5O3. The predicted octanol–water partition coefficient (Wildman–Crippen LogP) is 2.47. The molecule has 8 heteroatoms. The van der Waals surface area contributed by atoms with Crippen LogP contribution >= 0.6 is 0 Å². The third kappa shape index (κ3) is 5.96. The minimum Gasteiger partial charge on any atom is -0.355 e. The molecule has 1 N–H and O–H groups in total. The van der Waals surface area contributed by atoms with Gasteiger partial charge in [-0.3, -0.25) is 19.1 Å². The fourth-order valence-corrected chi connectivity index (χ4v) is 3.64. The van der Waals surface area contributed by atoms with Gasteiger partial charge in [0, 0.05) is 39.3 Å². The number of aromatic nitrogens is 2. The minimum absolute atomic E-state index is 0.0490. The van der Waals surface area contributed by atoms with Gasteiger partial charge < -0.3 is 15.1 Å². The Kier molecular flexibility index (Phi) is 7.66. The number of aryl methyl sites for hydroxylation is 2. The van der Waals surface area contributed by atoms with Gasteiger partial charge in [-0.05, 0) is 31.2 Å². The first-order valence-electron chi connectivity index (χ1n) is 11.2. The number of hydrogen-bond acceptors (Lipinski definition) is 4. The Balaban J connectivity index is 1.65. The Morgan fingerprint density at radius 1 is 1.19 bits per heavy atom. The highest BCUT2D eigenvalue weighted by molar-refractivity contribution is 5.99. The number of nitrogens with one attached hydrogen (secondary N) is 1. The molecular weight excluding hydrogens is 406 g/mol. The number of benzene rings is 1. The number of carbonyl (C=O) groups excluding carboxylic acids is 3. The fraction of sp³-hybridized carbons (Fsp3) is 0.500. The summed E-state index contributed by atoms with van der Waals surface area (Å²) in [5, 5.41) is 7.20. The maximum Gasteiger partial charge on any atom is 0.274 e. The molecule has 3 rings (SSSR count). The average Bonchev–Trinajstić information content (AvgIpc) is 3.11. The van der Waals surface area contributed by atoms with Crippen molar-refractivity contribution in [3.8, 4) is 0 Å². The summed E-state index contributed by atoms with van der Waals surface area (Å²) in [5.41, 5.74) is 2.84. The van der Waals surface area contributed by atoms with Crippen LogP contribution in [0.5, 0.6) is 0 Å². The van der Waals surface area contributed by atoms with Gasteiger partial charge in [-0.2, -0.15) is 5.10 Å². The molecule has 0 spiro atoms. The summed E-state index contributed by atoms with van der Waals surface area (Å²) in [7, 11) is 1.57. The van der Waals surface area contributed by atoms with Crippen molar-refractivity contribution < 1.29 is 14.4 Å². The SMILES string of the molecule is Cc1ccc(CN2CCCn3nc(C(=O)N(C)CC(=O)NCCC(C)C)cc3C2=O)cc1. The highest BCUT2D eigenvalue weighted by Crippen LogP contribution is 2.17. The van der Waals surface area contributed by atoms with Crippen LogP contribution in [0.15, 0.2) is 30.3 Å². The van der Waals surface area contributed by atoms with Crippen LogP contribution in [0.3, 0.4) is 0 Å². The largest absolute Gasteiger partial charge is 0.355 e. The maximum atomic E-state index is 13.1. The van der Waals surface area contributed by atoms with Crippen molar-refractivity contribution in [2.24, 2.45) is 5.92 Å². The van der Waals surface area contributed by atoms with Gasteiger partial charge in [0.15, 0.2) is 5.69 Å². The molecule has 172 valence electrons. The van der Waals surface area contributed by atoms with Crippen molar-refractivity contribution in [1.29, 1.82) is 0 Å². The third-order valence-electron chi connectivity index (χ3n) is 5.57. The van der Waals surface area contributed by atoms with Gasteiger partial charge in [0.25, 0.3) is 11.8 Å². The average molecular weight is 440 g/mol. The van der Waals surface area contributed by atoms with E-state index in [1.54, 1.807) is 22.7 Å². The summed E-state index contributed by atoms with van der Waals surface area (Å²) in [6.07, 6.45) is 1.65. The van der Waals surface area contributed by atoms with Crippen LogP contribution in [0.25, 0.3) is 0 Å². The fourth-order valence-electron chi connectivity index (χ4n) is 3.64. The van der Waals surface area contributed by atoms with Crippen LogP contribution in [-0.2, 0) is 17.9 Å². The Morgan fingerprint density at radius 3 is 2.59 bits per heavy atom. The molecule has 2 heterocycles. The minimum atomic E-state index is -0.373. The molecule has 0 fully saturated rings. The van der Waals surface area contributed by atoms with Gasteiger partial charge in [-0.15, -0.1) is 0 Å². The first kappa shape index (κ1) is 23.5. The number of fused-ring (bicyclic) bond motifs is 1. The highest BCUT2D eigenvalue weighted by Gasteiger charge is 2.27. The van der Waals surface area contributed by atoms with Crippen LogP contribution in [0.1, 0.15) is 58.8 Å². The van der Waals surface area contributed by atoms with Crippen molar-refractivity contribution in [3.63, 3.8) is 0 Å². The number of carbonyl (C=O) groups is 3. The molecule has 0 saturated carbocycles. The molecule has 8 nitrogen and oxygen atoms in total. The standard InChI is InChI=1S/C24H33N5O3/c1-17(2)10-11-25-22(30)16-27(4)23(31)20-14-21-24(32)28(12-5-13-29(21)26-20)15-19-8-6-18(3)7-9-19/h6-9,14,17H,5,10-13,15-16H2,1-4H3,(H,25,30). The number of rotatable bonds is 8. The number of likely N-dealkylation sites (N-methyl/N-ethyl adjacent to an activating group) is 1. The quantitative estimate of drug-likeness (QED) is 0.685. The van der Waals surface area contributed by atoms with Gasteiger partial charge in [0.05, 0.1) is 6.54 Å². The first-order chi connectivity index (χ1) is 15.2. The van der Waals surface area contributed by atoms with Crippen LogP contribution in [0.4, 0.5) is 0 Å². The van der Waals surface area contributed by atoms with E-state index in [2.05, 4.69) is 24.3 Å². The summed E-state index contributed by atoms with van der Waals surface area (Å²) in [4.78, 5) is 41.2. The van der Waals surface area contributed by atoms with E-state index >= 15 is 0 Å². The first-order valence-corrected chi connectivity index (χ1v) is 11.2. The van der Waals surface area contributed by atoms with Crippen LogP contribution in [0, 0.1) is 12.8 Å². The summed E-state index contributed by atoms with van der Waals surface area (Å²) in [5.74, 6) is -0.215. The zero-order valence-electron chi connectivity index (χ0n) is 19.4. The molecule has 1 aliphatic rings. The summed E-state index contributed by atoms with van der Waals surface area (Å²) < 4.78 is 1.61. The van der Waals surface area contributed by atoms with E-state index in [4.69, 9.17) is 0 Å². The van der Waals surface area contributed by atoms with E-state index < -0.39 is 0 Å².